The van der Waals surface area contributed by atoms with Crippen LogP contribution in [0.3, 0.4) is 0 Å². The largest absolute Gasteiger partial charge is 0.491 e. The summed E-state index contributed by atoms with van der Waals surface area (Å²) >= 11 is 0. The topological polar surface area (TPSA) is 41.5 Å². The average molecular weight is 288 g/mol. The van der Waals surface area contributed by atoms with Gasteiger partial charge in [0.25, 0.3) is 0 Å². The van der Waals surface area contributed by atoms with Crippen molar-refractivity contribution in [1.29, 1.82) is 0 Å². The molecule has 0 spiro atoms. The molecule has 19 heavy (non-hydrogen) atoms. The Morgan fingerprint density at radius 3 is 2.53 bits per heavy atom. The number of aryl methyl sites for hydroxylation is 1. The maximum absolute atomic E-state index is 9.80. The van der Waals surface area contributed by atoms with Gasteiger partial charge in [-0.1, -0.05) is 26.0 Å². The Morgan fingerprint density at radius 2 is 1.89 bits per heavy atom. The van der Waals surface area contributed by atoms with Crippen LogP contribution in [0, 0.1) is 19.8 Å². The molecule has 0 fully saturated rings. The van der Waals surface area contributed by atoms with Gasteiger partial charge in [0.1, 0.15) is 18.5 Å². The second kappa shape index (κ2) is 9.18. The first-order chi connectivity index (χ1) is 8.50. The Morgan fingerprint density at radius 1 is 1.21 bits per heavy atom. The molecule has 0 radical (unpaired) electrons. The second-order valence-electron chi connectivity index (χ2n) is 5.21. The molecule has 1 atom stereocenters. The predicted octanol–water partition coefficient (Wildman–Crippen LogP) is 2.71. The van der Waals surface area contributed by atoms with E-state index in [9.17, 15) is 5.11 Å². The summed E-state index contributed by atoms with van der Waals surface area (Å²) in [5, 5.41) is 13.0. The zero-order chi connectivity index (χ0) is 13.5. The second-order valence-corrected chi connectivity index (χ2v) is 5.21. The fraction of sp³-hybridized carbons (Fsp3) is 0.600. The lowest BCUT2D eigenvalue weighted by Gasteiger charge is -2.16. The molecule has 1 aromatic carbocycles. The quantitative estimate of drug-likeness (QED) is 0.810. The van der Waals surface area contributed by atoms with Crippen molar-refractivity contribution in [2.75, 3.05) is 19.7 Å². The Balaban J connectivity index is 0.00000324. The van der Waals surface area contributed by atoms with Crippen LogP contribution in [0.1, 0.15) is 25.0 Å². The average Bonchev–Trinajstić information content (AvgIpc) is 2.30. The number of nitrogens with one attached hydrogen (secondary N) is 1. The van der Waals surface area contributed by atoms with Gasteiger partial charge in [-0.2, -0.15) is 0 Å². The molecule has 1 unspecified atom stereocenters. The molecule has 1 aromatic rings. The van der Waals surface area contributed by atoms with Gasteiger partial charge in [0.15, 0.2) is 0 Å². The third-order valence-corrected chi connectivity index (χ3v) is 2.92. The summed E-state index contributed by atoms with van der Waals surface area (Å²) in [6.07, 6.45) is -0.469. The smallest absolute Gasteiger partial charge is 0.122 e. The van der Waals surface area contributed by atoms with Crippen LogP contribution in [0.15, 0.2) is 18.2 Å². The minimum atomic E-state index is -0.469. The van der Waals surface area contributed by atoms with E-state index >= 15 is 0 Å². The van der Waals surface area contributed by atoms with Crippen LogP contribution in [0.25, 0.3) is 0 Å². The van der Waals surface area contributed by atoms with E-state index in [4.69, 9.17) is 4.74 Å². The zero-order valence-corrected chi connectivity index (χ0v) is 13.1. The van der Waals surface area contributed by atoms with E-state index in [2.05, 4.69) is 32.2 Å². The lowest BCUT2D eigenvalue weighted by atomic mass is 10.1. The highest BCUT2D eigenvalue weighted by molar-refractivity contribution is 5.85. The van der Waals surface area contributed by atoms with Gasteiger partial charge in [0.2, 0.25) is 0 Å². The molecule has 0 aromatic heterocycles. The number of hydrogen-bond acceptors (Lipinski definition) is 3. The fourth-order valence-electron chi connectivity index (χ4n) is 1.66. The summed E-state index contributed by atoms with van der Waals surface area (Å²) in [5.74, 6) is 1.45. The number of aliphatic hydroxyl groups excluding tert-OH is 1. The minimum Gasteiger partial charge on any atom is -0.491 e. The molecule has 0 aliphatic carbocycles. The molecule has 3 nitrogen and oxygen atoms in total. The summed E-state index contributed by atoms with van der Waals surface area (Å²) in [7, 11) is 0. The van der Waals surface area contributed by atoms with E-state index in [0.717, 1.165) is 17.9 Å². The highest BCUT2D eigenvalue weighted by Crippen LogP contribution is 2.20. The van der Waals surface area contributed by atoms with Crippen molar-refractivity contribution in [2.24, 2.45) is 5.92 Å². The van der Waals surface area contributed by atoms with E-state index in [0.29, 0.717) is 19.1 Å². The number of halogens is 1. The lowest BCUT2D eigenvalue weighted by molar-refractivity contribution is 0.105. The van der Waals surface area contributed by atoms with Gasteiger partial charge in [-0.3, -0.25) is 0 Å². The molecule has 0 amide bonds. The third kappa shape index (κ3) is 6.81. The zero-order valence-electron chi connectivity index (χ0n) is 12.3. The summed E-state index contributed by atoms with van der Waals surface area (Å²) in [6.45, 7) is 10.2. The fourth-order valence-corrected chi connectivity index (χ4v) is 1.66. The number of aliphatic hydroxyl groups is 1. The van der Waals surface area contributed by atoms with Gasteiger partial charge in [0, 0.05) is 6.54 Å². The van der Waals surface area contributed by atoms with Gasteiger partial charge < -0.3 is 15.2 Å². The molecule has 0 bridgehead atoms. The van der Waals surface area contributed by atoms with Crippen molar-refractivity contribution in [3.05, 3.63) is 29.3 Å². The lowest BCUT2D eigenvalue weighted by Crippen LogP contribution is -2.33. The van der Waals surface area contributed by atoms with Crippen LogP contribution in [-0.2, 0) is 0 Å². The molecule has 1 rings (SSSR count). The van der Waals surface area contributed by atoms with Crippen LogP contribution in [0.2, 0.25) is 0 Å². The first kappa shape index (κ1) is 18.2. The molecule has 0 saturated heterocycles. The maximum atomic E-state index is 9.80. The van der Waals surface area contributed by atoms with Crippen molar-refractivity contribution in [2.45, 2.75) is 33.8 Å². The summed E-state index contributed by atoms with van der Waals surface area (Å²) < 4.78 is 5.65. The standard InChI is InChI=1S/C15H25NO2.ClH/c1-11(2)8-16-9-14(17)10-18-15-7-5-6-12(3)13(15)4;/h5-7,11,14,16-17H,8-10H2,1-4H3;1H. The predicted molar refractivity (Wildman–Crippen MR) is 82.4 cm³/mol. The SMILES string of the molecule is Cc1cccc(OCC(O)CNCC(C)C)c1C.Cl. The molecule has 0 aliphatic rings. The van der Waals surface area contributed by atoms with Crippen molar-refractivity contribution < 1.29 is 9.84 Å². The van der Waals surface area contributed by atoms with E-state index in [1.165, 1.54) is 5.56 Å². The molecule has 110 valence electrons. The Kier molecular flexibility index (Phi) is 8.81. The molecular formula is C15H26ClNO2. The molecule has 4 heteroatoms. The van der Waals surface area contributed by atoms with Crippen molar-refractivity contribution >= 4 is 12.4 Å². The first-order valence-electron chi connectivity index (χ1n) is 6.58. The maximum Gasteiger partial charge on any atom is 0.122 e. The molecular weight excluding hydrogens is 262 g/mol. The van der Waals surface area contributed by atoms with Crippen LogP contribution in [0.5, 0.6) is 5.75 Å². The Labute approximate surface area is 122 Å². The summed E-state index contributed by atoms with van der Waals surface area (Å²) in [6, 6.07) is 5.97. The molecule has 2 N–H and O–H groups in total. The number of ether oxygens (including phenoxy) is 1. The van der Waals surface area contributed by atoms with Crippen LogP contribution < -0.4 is 10.1 Å². The van der Waals surface area contributed by atoms with E-state index < -0.39 is 6.10 Å². The normalized spacial score (nSPS) is 12.1. The van der Waals surface area contributed by atoms with Gasteiger partial charge in [-0.15, -0.1) is 12.4 Å². The van der Waals surface area contributed by atoms with Gasteiger partial charge in [-0.05, 0) is 43.5 Å². The molecule has 0 heterocycles. The molecule has 0 aliphatic heterocycles. The highest BCUT2D eigenvalue weighted by atomic mass is 35.5. The monoisotopic (exact) mass is 287 g/mol. The van der Waals surface area contributed by atoms with Gasteiger partial charge in [-0.25, -0.2) is 0 Å². The summed E-state index contributed by atoms with van der Waals surface area (Å²) in [5.41, 5.74) is 2.35. The van der Waals surface area contributed by atoms with Crippen molar-refractivity contribution in [3.8, 4) is 5.75 Å². The van der Waals surface area contributed by atoms with Gasteiger partial charge in [0.05, 0.1) is 0 Å². The van der Waals surface area contributed by atoms with Crippen molar-refractivity contribution in [3.63, 3.8) is 0 Å². The van der Waals surface area contributed by atoms with Gasteiger partial charge >= 0.3 is 0 Å². The van der Waals surface area contributed by atoms with E-state index in [1.807, 2.05) is 19.1 Å². The summed E-state index contributed by atoms with van der Waals surface area (Å²) in [4.78, 5) is 0. The Bertz CT molecular complexity index is 369. The highest BCUT2D eigenvalue weighted by Gasteiger charge is 2.07. The van der Waals surface area contributed by atoms with Crippen LogP contribution in [-0.4, -0.2) is 30.9 Å². The van der Waals surface area contributed by atoms with Crippen LogP contribution >= 0.6 is 12.4 Å². The number of rotatable bonds is 7. The van der Waals surface area contributed by atoms with E-state index in [1.54, 1.807) is 0 Å². The van der Waals surface area contributed by atoms with E-state index in [-0.39, 0.29) is 12.4 Å². The minimum absolute atomic E-state index is 0. The molecule has 0 saturated carbocycles. The first-order valence-corrected chi connectivity index (χ1v) is 6.58. The third-order valence-electron chi connectivity index (χ3n) is 2.92. The number of benzene rings is 1. The van der Waals surface area contributed by atoms with Crippen LogP contribution in [0.4, 0.5) is 0 Å². The van der Waals surface area contributed by atoms with Crippen molar-refractivity contribution in [1.82, 2.24) is 5.32 Å². The Hall–Kier alpha value is -0.770. The number of hydrogen-bond donors (Lipinski definition) is 2.